The van der Waals surface area contributed by atoms with Gasteiger partial charge in [0, 0.05) is 0 Å². The average Bonchev–Trinajstić information content (AvgIpc) is 3.18. The Balaban J connectivity index is 1.75. The molecule has 0 radical (unpaired) electrons. The Morgan fingerprint density at radius 3 is 2.68 bits per heavy atom. The van der Waals surface area contributed by atoms with Gasteiger partial charge < -0.3 is 14.5 Å². The number of amides is 1. The predicted octanol–water partition coefficient (Wildman–Crippen LogP) is 4.96. The van der Waals surface area contributed by atoms with Crippen LogP contribution in [0.25, 0.3) is 0 Å². The van der Waals surface area contributed by atoms with Gasteiger partial charge in [0.15, 0.2) is 5.76 Å². The Morgan fingerprint density at radius 2 is 2.04 bits per heavy atom. The lowest BCUT2D eigenvalue weighted by molar-refractivity contribution is -0.0494. The first-order valence-corrected chi connectivity index (χ1v) is 8.77. The van der Waals surface area contributed by atoms with Gasteiger partial charge in [-0.05, 0) is 50.6 Å². The van der Waals surface area contributed by atoms with E-state index in [4.69, 9.17) is 16.0 Å². The molecule has 3 rings (SSSR count). The molecule has 0 aliphatic carbocycles. The number of nitrogens with zero attached hydrogens (tertiary/aromatic N) is 2. The second-order valence-corrected chi connectivity index (χ2v) is 6.62. The van der Waals surface area contributed by atoms with Crippen LogP contribution in [0.1, 0.15) is 33.3 Å². The van der Waals surface area contributed by atoms with Crippen LogP contribution in [0.5, 0.6) is 5.75 Å². The molecule has 6 nitrogen and oxygen atoms in total. The highest BCUT2D eigenvalue weighted by atomic mass is 35.5. The van der Waals surface area contributed by atoms with Crippen molar-refractivity contribution in [3.63, 3.8) is 0 Å². The molecule has 28 heavy (non-hydrogen) atoms. The molecular formula is C19H18ClF2N3O3. The molecule has 0 atom stereocenters. The van der Waals surface area contributed by atoms with Crippen LogP contribution in [0.3, 0.4) is 0 Å². The zero-order valence-corrected chi connectivity index (χ0v) is 16.2. The fraction of sp³-hybridized carbons (Fsp3) is 0.263. The minimum atomic E-state index is -3.00. The quantitative estimate of drug-likeness (QED) is 0.625. The van der Waals surface area contributed by atoms with Crippen LogP contribution < -0.4 is 10.1 Å². The van der Waals surface area contributed by atoms with Crippen LogP contribution in [0, 0.1) is 20.8 Å². The summed E-state index contributed by atoms with van der Waals surface area (Å²) in [4.78, 5) is 12.4. The lowest BCUT2D eigenvalue weighted by Crippen LogP contribution is -2.13. The Bertz CT molecular complexity index is 1010. The van der Waals surface area contributed by atoms with E-state index < -0.39 is 12.5 Å². The number of hydrogen-bond donors (Lipinski definition) is 1. The van der Waals surface area contributed by atoms with Gasteiger partial charge in [0.2, 0.25) is 0 Å². The molecule has 0 saturated heterocycles. The first kappa shape index (κ1) is 19.9. The van der Waals surface area contributed by atoms with E-state index in [1.54, 1.807) is 30.7 Å². The number of halogens is 3. The molecule has 0 fully saturated rings. The number of furan rings is 1. The summed E-state index contributed by atoms with van der Waals surface area (Å²) in [6, 6.07) is 7.73. The minimum absolute atomic E-state index is 0.0335. The van der Waals surface area contributed by atoms with Gasteiger partial charge in [-0.2, -0.15) is 13.9 Å². The van der Waals surface area contributed by atoms with Crippen molar-refractivity contribution in [2.45, 2.75) is 33.9 Å². The van der Waals surface area contributed by atoms with Crippen molar-refractivity contribution in [1.29, 1.82) is 0 Å². The Morgan fingerprint density at radius 1 is 1.29 bits per heavy atom. The smallest absolute Gasteiger partial charge is 0.387 e. The number of alkyl halides is 2. The van der Waals surface area contributed by atoms with E-state index in [0.29, 0.717) is 23.0 Å². The summed E-state index contributed by atoms with van der Waals surface area (Å²) in [6.07, 6.45) is 0. The maximum absolute atomic E-state index is 12.6. The van der Waals surface area contributed by atoms with E-state index in [9.17, 15) is 13.6 Å². The zero-order chi connectivity index (χ0) is 20.4. The molecule has 0 aliphatic heterocycles. The highest BCUT2D eigenvalue weighted by Crippen LogP contribution is 2.28. The lowest BCUT2D eigenvalue weighted by Gasteiger charge is -2.12. The van der Waals surface area contributed by atoms with Crippen LogP contribution in [-0.2, 0) is 6.54 Å². The molecule has 3 aromatic rings. The van der Waals surface area contributed by atoms with Crippen molar-refractivity contribution in [2.75, 3.05) is 5.32 Å². The number of aromatic nitrogens is 2. The molecule has 148 valence electrons. The van der Waals surface area contributed by atoms with Gasteiger partial charge in [0.05, 0.1) is 28.6 Å². The zero-order valence-electron chi connectivity index (χ0n) is 15.4. The number of benzene rings is 1. The van der Waals surface area contributed by atoms with E-state index in [1.807, 2.05) is 6.92 Å². The van der Waals surface area contributed by atoms with Crippen molar-refractivity contribution in [3.8, 4) is 5.75 Å². The van der Waals surface area contributed by atoms with Crippen LogP contribution >= 0.6 is 11.6 Å². The molecule has 0 bridgehead atoms. The van der Waals surface area contributed by atoms with Gasteiger partial charge in [0.1, 0.15) is 11.5 Å². The number of nitrogens with one attached hydrogen (secondary N) is 1. The number of rotatable bonds is 6. The van der Waals surface area contributed by atoms with Gasteiger partial charge in [-0.15, -0.1) is 0 Å². The summed E-state index contributed by atoms with van der Waals surface area (Å²) in [5.74, 6) is -0.167. The summed E-state index contributed by atoms with van der Waals surface area (Å²) in [5, 5.41) is 7.42. The van der Waals surface area contributed by atoms with Crippen LogP contribution in [0.4, 0.5) is 14.5 Å². The second-order valence-electron chi connectivity index (χ2n) is 6.24. The molecule has 0 unspecified atom stereocenters. The second kappa shape index (κ2) is 8.02. The van der Waals surface area contributed by atoms with Crippen molar-refractivity contribution in [3.05, 3.63) is 63.8 Å². The Labute approximate surface area is 165 Å². The summed E-state index contributed by atoms with van der Waals surface area (Å²) in [7, 11) is 0. The van der Waals surface area contributed by atoms with Crippen LogP contribution in [0.15, 0.2) is 34.7 Å². The van der Waals surface area contributed by atoms with Gasteiger partial charge in [-0.25, -0.2) is 0 Å². The Kier molecular flexibility index (Phi) is 5.69. The number of anilines is 1. The fourth-order valence-electron chi connectivity index (χ4n) is 2.67. The maximum atomic E-state index is 12.6. The molecule has 1 N–H and O–H groups in total. The highest BCUT2D eigenvalue weighted by molar-refractivity contribution is 6.31. The topological polar surface area (TPSA) is 69.3 Å². The first-order chi connectivity index (χ1) is 13.2. The highest BCUT2D eigenvalue weighted by Gasteiger charge is 2.17. The summed E-state index contributed by atoms with van der Waals surface area (Å²) in [6.45, 7) is 2.67. The maximum Gasteiger partial charge on any atom is 0.387 e. The molecule has 2 aromatic heterocycles. The summed E-state index contributed by atoms with van der Waals surface area (Å²) >= 11 is 6.13. The van der Waals surface area contributed by atoms with Crippen molar-refractivity contribution in [1.82, 2.24) is 9.78 Å². The van der Waals surface area contributed by atoms with Gasteiger partial charge in [-0.3, -0.25) is 9.48 Å². The van der Waals surface area contributed by atoms with Gasteiger partial charge >= 0.3 is 6.61 Å². The predicted molar refractivity (Wildman–Crippen MR) is 100 cm³/mol. The number of carbonyl (C=O) groups is 1. The molecule has 2 heterocycles. The third-order valence-electron chi connectivity index (χ3n) is 4.09. The monoisotopic (exact) mass is 409 g/mol. The summed E-state index contributed by atoms with van der Waals surface area (Å²) in [5.41, 5.74) is 2.33. The molecule has 1 aromatic carbocycles. The van der Waals surface area contributed by atoms with Gasteiger partial charge in [-0.1, -0.05) is 17.7 Å². The molecular weight excluding hydrogens is 392 g/mol. The standard InChI is InChI=1S/C19H18ClF2N3O3/c1-10-4-6-14(16(8-10)28-19(21)22)23-18(26)15-7-5-13(27-15)9-25-12(3)17(20)11(2)24-25/h4-8,19H,9H2,1-3H3,(H,23,26). The van der Waals surface area contributed by atoms with Crippen LogP contribution in [-0.4, -0.2) is 22.3 Å². The molecule has 0 aliphatic rings. The fourth-order valence-corrected chi connectivity index (χ4v) is 2.81. The van der Waals surface area contributed by atoms with Gasteiger partial charge in [0.25, 0.3) is 5.91 Å². The summed E-state index contributed by atoms with van der Waals surface area (Å²) < 4.78 is 36.9. The number of aryl methyl sites for hydroxylation is 2. The number of carbonyl (C=O) groups excluding carboxylic acids is 1. The largest absolute Gasteiger partial charge is 0.454 e. The number of ether oxygens (including phenoxy) is 1. The molecule has 0 saturated carbocycles. The van der Waals surface area contributed by atoms with E-state index >= 15 is 0 Å². The lowest BCUT2D eigenvalue weighted by atomic mass is 10.2. The van der Waals surface area contributed by atoms with E-state index in [0.717, 1.165) is 11.3 Å². The van der Waals surface area contributed by atoms with E-state index in [-0.39, 0.29) is 17.2 Å². The molecule has 0 spiro atoms. The van der Waals surface area contributed by atoms with Crippen LogP contribution in [0.2, 0.25) is 5.02 Å². The average molecular weight is 410 g/mol. The molecule has 1 amide bonds. The normalized spacial score (nSPS) is 11.1. The van der Waals surface area contributed by atoms with Crippen molar-refractivity contribution >= 4 is 23.2 Å². The number of hydrogen-bond acceptors (Lipinski definition) is 4. The van der Waals surface area contributed by atoms with E-state index in [2.05, 4.69) is 15.2 Å². The third kappa shape index (κ3) is 4.33. The van der Waals surface area contributed by atoms with Crippen molar-refractivity contribution < 1.29 is 22.7 Å². The van der Waals surface area contributed by atoms with E-state index in [1.165, 1.54) is 18.2 Å². The minimum Gasteiger partial charge on any atom is -0.454 e. The molecule has 9 heteroatoms. The first-order valence-electron chi connectivity index (χ1n) is 8.39. The Hall–Kier alpha value is -2.87. The third-order valence-corrected chi connectivity index (χ3v) is 4.63. The SMILES string of the molecule is Cc1ccc(NC(=O)c2ccc(Cn3nc(C)c(Cl)c3C)o2)c(OC(F)F)c1. The van der Waals surface area contributed by atoms with Crippen molar-refractivity contribution in [2.24, 2.45) is 0 Å².